The number of ether oxygens (including phenoxy) is 5. The van der Waals surface area contributed by atoms with Gasteiger partial charge in [0, 0.05) is 82.8 Å². The van der Waals surface area contributed by atoms with Crippen molar-refractivity contribution in [2.24, 2.45) is 11.3 Å². The maximum absolute atomic E-state index is 12.7. The number of rotatable bonds is 2. The molecule has 0 saturated heterocycles. The quantitative estimate of drug-likeness (QED) is 0.165. The molecule has 0 amide bonds. The Balaban J connectivity index is 0.000000204. The average molecular weight is 1440 g/mol. The number of hydrogen-bond acceptors (Lipinski definition) is 5. The normalized spacial score (nSPS) is 17.5. The van der Waals surface area contributed by atoms with Crippen molar-refractivity contribution in [3.63, 3.8) is 0 Å². The Bertz CT molecular complexity index is 3980. The minimum atomic E-state index is -4.37. The smallest absolute Gasteiger partial charge is 0.429 e. The van der Waals surface area contributed by atoms with Gasteiger partial charge in [0.25, 0.3) is 68.3 Å². The van der Waals surface area contributed by atoms with E-state index in [9.17, 15) is 13.2 Å². The van der Waals surface area contributed by atoms with Crippen LogP contribution in [0.5, 0.6) is 28.7 Å². The molecule has 574 valence electrons. The fraction of sp³-hybridized carbons (Fsp3) is 0.615. The Hall–Kier alpha value is -6.76. The Morgan fingerprint density at radius 1 is 0.317 bits per heavy atom. The highest BCUT2D eigenvalue weighted by Gasteiger charge is 2.42. The lowest BCUT2D eigenvalue weighted by atomic mass is 9.79. The second kappa shape index (κ2) is 30.5. The van der Waals surface area contributed by atoms with Gasteiger partial charge in [-0.05, 0) is 82.0 Å². The minimum Gasteiger partial charge on any atom is -0.429 e. The Labute approximate surface area is 629 Å². The molecule has 0 aromatic heterocycles. The third-order valence-electron chi connectivity index (χ3n) is 19.0. The van der Waals surface area contributed by atoms with E-state index in [-0.39, 0.29) is 72.5 Å². The molecular weight excluding hydrogens is 1300 g/mol. The van der Waals surface area contributed by atoms with Gasteiger partial charge in [-0.2, -0.15) is 36.0 Å². The van der Waals surface area contributed by atoms with E-state index in [4.69, 9.17) is 23.7 Å². The summed E-state index contributed by atoms with van der Waals surface area (Å²) in [5, 5.41) is 0. The fourth-order valence-corrected chi connectivity index (χ4v) is 12.8. The molecule has 0 aliphatic carbocycles. The predicted octanol–water partition coefficient (Wildman–Crippen LogP) is 24.4. The standard InChI is InChI=1S/C20H32NO.C19H30NO.C18H28NO.C17H23F3NO.C17H26NO/c1-18(2,3)12-21-13-22-17-15(20(7,8)9)10-14(11-16(17)21)19(4,5)6;1-13(2)11-20-12-21-17-15(19(6,7)8)9-14(10-16(17)20)18(3,4)5;1-8-9-19-12-20-16-14(18(5,6)7)10-13(11-15(16)19)17(2,3)4;1-15(2,3)11-7-12(16(4,5)6)14-13(8-11)21(10-22-14)9-17(18,19)20;1-8-18-11-19-15-13(17(5,6)7)9-12(10-14(15)18)16(2,3)4/h10-12H,13H2,1-9H3;9-11,13H,12H2,1-8H3;9-11H,8,12H2,1-7H3;7-9H,10H2,1-6H3;8-10H,11H2,1-7H3/q5*+1/b21-12-;20-11-;19-9-;21-9-;18-8-. The molecule has 0 atom stereocenters. The van der Waals surface area contributed by atoms with E-state index in [1.165, 1.54) is 67.3 Å². The lowest BCUT2D eigenvalue weighted by Crippen LogP contribution is -2.19. The first-order valence-electron chi connectivity index (χ1n) is 38.1. The Kier molecular flexibility index (Phi) is 25.3. The first-order valence-corrected chi connectivity index (χ1v) is 38.1. The maximum atomic E-state index is 12.7. The number of benzene rings is 5. The highest BCUT2D eigenvalue weighted by atomic mass is 19.4. The van der Waals surface area contributed by atoms with Gasteiger partial charge in [-0.25, -0.2) is 0 Å². The zero-order valence-corrected chi connectivity index (χ0v) is 71.9. The molecule has 10 nitrogen and oxygen atoms in total. The molecule has 5 heterocycles. The van der Waals surface area contributed by atoms with E-state index in [0.29, 0.717) is 44.3 Å². The summed E-state index contributed by atoms with van der Waals surface area (Å²) in [4.78, 5) is 0. The van der Waals surface area contributed by atoms with Crippen molar-refractivity contribution >= 4 is 59.5 Å². The first kappa shape index (κ1) is 86.2. The first-order chi connectivity index (χ1) is 46.9. The molecule has 0 saturated carbocycles. The van der Waals surface area contributed by atoms with Crippen molar-refractivity contribution < 1.29 is 59.7 Å². The Morgan fingerprint density at radius 3 is 0.760 bits per heavy atom. The molecule has 5 aliphatic rings. The molecule has 13 heteroatoms. The molecular formula is C91H139F3N5O5+5. The van der Waals surface area contributed by atoms with Crippen LogP contribution in [-0.2, 0) is 54.1 Å². The summed E-state index contributed by atoms with van der Waals surface area (Å²) >= 11 is 0. The summed E-state index contributed by atoms with van der Waals surface area (Å²) in [6, 6.07) is 22.3. The van der Waals surface area contributed by atoms with Crippen molar-refractivity contribution in [2.75, 3.05) is 33.7 Å². The average Bonchev–Trinajstić information content (AvgIpc) is 1.57. The Morgan fingerprint density at radius 2 is 0.538 bits per heavy atom. The second-order valence-corrected chi connectivity index (χ2v) is 41.0. The van der Waals surface area contributed by atoms with Gasteiger partial charge < -0.3 is 23.7 Å². The van der Waals surface area contributed by atoms with Gasteiger partial charge in [0.1, 0.15) is 12.4 Å². The second-order valence-electron chi connectivity index (χ2n) is 41.0. The van der Waals surface area contributed by atoms with Gasteiger partial charge in [0.15, 0.2) is 12.4 Å². The van der Waals surface area contributed by atoms with E-state index in [0.717, 1.165) is 45.1 Å². The van der Waals surface area contributed by atoms with Crippen LogP contribution >= 0.6 is 0 Å². The molecule has 10 rings (SSSR count). The highest BCUT2D eigenvalue weighted by Crippen LogP contribution is 2.50. The summed E-state index contributed by atoms with van der Waals surface area (Å²) in [7, 11) is 0. The van der Waals surface area contributed by atoms with E-state index < -0.39 is 6.18 Å². The molecule has 5 aromatic rings. The van der Waals surface area contributed by atoms with Gasteiger partial charge in [-0.1, -0.05) is 280 Å². The minimum absolute atomic E-state index is 0.0725. The van der Waals surface area contributed by atoms with Crippen LogP contribution in [0.2, 0.25) is 0 Å². The predicted molar refractivity (Wildman–Crippen MR) is 433 cm³/mol. The monoisotopic (exact) mass is 1440 g/mol. The summed E-state index contributed by atoms with van der Waals surface area (Å²) in [6.45, 7) is 84.2. The van der Waals surface area contributed by atoms with E-state index in [2.05, 4.69) is 333 Å². The van der Waals surface area contributed by atoms with Crippen molar-refractivity contribution in [3.05, 3.63) is 116 Å². The molecule has 0 radical (unpaired) electrons. The third kappa shape index (κ3) is 21.7. The highest BCUT2D eigenvalue weighted by molar-refractivity contribution is 5.69. The maximum Gasteiger partial charge on any atom is 0.469 e. The number of nitrogens with zero attached hydrogens (tertiary/aromatic N) is 5. The third-order valence-corrected chi connectivity index (χ3v) is 19.0. The summed E-state index contributed by atoms with van der Waals surface area (Å²) in [5.41, 5.74) is 18.7. The summed E-state index contributed by atoms with van der Waals surface area (Å²) < 4.78 is 77.8. The van der Waals surface area contributed by atoms with Crippen LogP contribution in [0, 0.1) is 11.3 Å². The van der Waals surface area contributed by atoms with Crippen molar-refractivity contribution in [1.29, 1.82) is 0 Å². The van der Waals surface area contributed by atoms with Crippen LogP contribution in [0.4, 0.5) is 41.6 Å². The van der Waals surface area contributed by atoms with Crippen LogP contribution in [0.3, 0.4) is 0 Å². The van der Waals surface area contributed by atoms with Crippen LogP contribution in [0.25, 0.3) is 0 Å². The van der Waals surface area contributed by atoms with Gasteiger partial charge in [0.2, 0.25) is 28.7 Å². The SMILES string of the molecule is C/C=[N+]1/COc2c1cc(C(C)(C)C)cc2C(C)(C)C.CC(C)(C)/C=[N+]1/COc2c1cc(C(C)(C)C)cc2C(C)(C)C.CC(C)(C)c1cc2c(c(C(C)(C)C)c1)OC/[N+]2=C/C(F)(F)F.CC(C)/C=[N+]1/COc2c1cc(C(C)(C)C)cc2C(C)(C)C.CC/C=[N+]1/COc2c1cc(C(C)(C)C)cc2C(C)(C)C. The number of fused-ring (bicyclic) bond motifs is 5. The van der Waals surface area contributed by atoms with E-state index >= 15 is 0 Å². The van der Waals surface area contributed by atoms with Gasteiger partial charge >= 0.3 is 6.18 Å². The van der Waals surface area contributed by atoms with Crippen LogP contribution in [0.1, 0.15) is 318 Å². The molecule has 104 heavy (non-hydrogen) atoms. The van der Waals surface area contributed by atoms with E-state index in [1.54, 1.807) is 6.07 Å². The number of halogens is 3. The molecule has 0 N–H and O–H groups in total. The molecule has 0 unspecified atom stereocenters. The van der Waals surface area contributed by atoms with Crippen molar-refractivity contribution in [1.82, 2.24) is 0 Å². The number of alkyl halides is 3. The van der Waals surface area contributed by atoms with Crippen LogP contribution < -0.4 is 23.7 Å². The van der Waals surface area contributed by atoms with Crippen molar-refractivity contribution in [3.8, 4) is 28.7 Å². The summed E-state index contributed by atoms with van der Waals surface area (Å²) in [5.74, 6) is 5.30. The van der Waals surface area contributed by atoms with E-state index in [1.807, 2.05) is 20.8 Å². The number of hydrogen-bond donors (Lipinski definition) is 0. The topological polar surface area (TPSA) is 61.2 Å². The summed E-state index contributed by atoms with van der Waals surface area (Å²) in [6.07, 6.45) is 5.76. The zero-order chi connectivity index (χ0) is 79.4. The van der Waals surface area contributed by atoms with Gasteiger partial charge in [-0.15, -0.1) is 0 Å². The fourth-order valence-electron chi connectivity index (χ4n) is 12.8. The molecule has 0 bridgehead atoms. The lowest BCUT2D eigenvalue weighted by molar-refractivity contribution is -0.460. The lowest BCUT2D eigenvalue weighted by Gasteiger charge is -2.25. The van der Waals surface area contributed by atoms with Crippen molar-refractivity contribution in [2.45, 2.75) is 323 Å². The molecule has 5 aromatic carbocycles. The molecule has 0 fully saturated rings. The largest absolute Gasteiger partial charge is 0.469 e. The van der Waals surface area contributed by atoms with Crippen LogP contribution in [0.15, 0.2) is 60.7 Å². The van der Waals surface area contributed by atoms with Gasteiger partial charge in [-0.3, -0.25) is 0 Å². The van der Waals surface area contributed by atoms with Gasteiger partial charge in [0.05, 0.1) is 0 Å². The molecule has 5 aliphatic heterocycles. The molecule has 0 spiro atoms. The zero-order valence-electron chi connectivity index (χ0n) is 71.9. The van der Waals surface area contributed by atoms with Crippen LogP contribution in [-0.4, -0.2) is 93.8 Å².